The van der Waals surface area contributed by atoms with E-state index >= 15 is 0 Å². The summed E-state index contributed by atoms with van der Waals surface area (Å²) in [7, 11) is 0. The summed E-state index contributed by atoms with van der Waals surface area (Å²) in [6.45, 7) is 4.52. The third-order valence-corrected chi connectivity index (χ3v) is 3.60. The molecule has 0 fully saturated rings. The molecule has 0 saturated heterocycles. The smallest absolute Gasteiger partial charge is 0.122 e. The molecule has 0 saturated carbocycles. The highest BCUT2D eigenvalue weighted by atomic mass is 35.5. The Labute approximate surface area is 116 Å². The number of aliphatic hydroxyl groups excluding tert-OH is 1. The predicted octanol–water partition coefficient (Wildman–Crippen LogP) is 3.60. The molecule has 5 heteroatoms. The molecule has 1 heterocycles. The van der Waals surface area contributed by atoms with Gasteiger partial charge >= 0.3 is 0 Å². The van der Waals surface area contributed by atoms with Gasteiger partial charge in [-0.3, -0.25) is 4.68 Å². The van der Waals surface area contributed by atoms with Crippen LogP contribution in [0.4, 0.5) is 0 Å². The molecule has 1 aromatic carbocycles. The van der Waals surface area contributed by atoms with Crippen LogP contribution < -0.4 is 0 Å². The molecular weight excluding hydrogens is 271 g/mol. The van der Waals surface area contributed by atoms with Crippen molar-refractivity contribution in [2.75, 3.05) is 0 Å². The van der Waals surface area contributed by atoms with Crippen molar-refractivity contribution < 1.29 is 5.11 Å². The highest BCUT2D eigenvalue weighted by Crippen LogP contribution is 2.30. The van der Waals surface area contributed by atoms with E-state index in [0.717, 1.165) is 5.56 Å². The zero-order chi connectivity index (χ0) is 13.3. The van der Waals surface area contributed by atoms with Crippen molar-refractivity contribution in [3.8, 4) is 0 Å². The maximum Gasteiger partial charge on any atom is 0.122 e. The summed E-state index contributed by atoms with van der Waals surface area (Å²) in [4.78, 5) is 0. The van der Waals surface area contributed by atoms with Crippen LogP contribution in [0.1, 0.15) is 29.8 Å². The van der Waals surface area contributed by atoms with Crippen LogP contribution in [0, 0.1) is 6.92 Å². The third kappa shape index (κ3) is 2.39. The van der Waals surface area contributed by atoms with Crippen LogP contribution in [0.5, 0.6) is 0 Å². The van der Waals surface area contributed by atoms with E-state index in [1.165, 1.54) is 0 Å². The van der Waals surface area contributed by atoms with Gasteiger partial charge in [-0.25, -0.2) is 0 Å². The van der Waals surface area contributed by atoms with E-state index in [2.05, 4.69) is 5.10 Å². The molecule has 1 aromatic heterocycles. The van der Waals surface area contributed by atoms with Crippen LogP contribution in [0.25, 0.3) is 0 Å². The van der Waals surface area contributed by atoms with E-state index in [1.807, 2.05) is 26.0 Å². The normalized spacial score (nSPS) is 12.7. The largest absolute Gasteiger partial charge is 0.382 e. The first-order valence-corrected chi connectivity index (χ1v) is 6.45. The Morgan fingerprint density at radius 3 is 2.67 bits per heavy atom. The van der Waals surface area contributed by atoms with E-state index < -0.39 is 6.10 Å². The fourth-order valence-electron chi connectivity index (χ4n) is 1.83. The van der Waals surface area contributed by atoms with Crippen LogP contribution in [-0.2, 0) is 6.54 Å². The van der Waals surface area contributed by atoms with Crippen molar-refractivity contribution in [1.82, 2.24) is 9.78 Å². The molecule has 0 radical (unpaired) electrons. The van der Waals surface area contributed by atoms with Gasteiger partial charge in [-0.2, -0.15) is 5.10 Å². The minimum atomic E-state index is -0.821. The van der Waals surface area contributed by atoms with Gasteiger partial charge in [0.05, 0.1) is 16.9 Å². The van der Waals surface area contributed by atoms with Gasteiger partial charge in [-0.05, 0) is 31.0 Å². The molecule has 3 nitrogen and oxygen atoms in total. The quantitative estimate of drug-likeness (QED) is 0.935. The molecule has 1 atom stereocenters. The van der Waals surface area contributed by atoms with Crippen molar-refractivity contribution in [3.05, 3.63) is 51.3 Å². The van der Waals surface area contributed by atoms with Gasteiger partial charge in [0, 0.05) is 11.6 Å². The number of rotatable bonds is 3. The van der Waals surface area contributed by atoms with Gasteiger partial charge in [0.25, 0.3) is 0 Å². The molecule has 0 spiro atoms. The van der Waals surface area contributed by atoms with E-state index in [1.54, 1.807) is 16.9 Å². The maximum atomic E-state index is 10.4. The first-order chi connectivity index (χ1) is 8.54. The molecular formula is C13H14Cl2N2O. The summed E-state index contributed by atoms with van der Waals surface area (Å²) in [5.41, 5.74) is 2.28. The van der Waals surface area contributed by atoms with Gasteiger partial charge < -0.3 is 5.11 Å². The molecule has 1 unspecified atom stereocenters. The third-order valence-electron chi connectivity index (χ3n) is 2.90. The lowest BCUT2D eigenvalue weighted by atomic mass is 10.0. The van der Waals surface area contributed by atoms with Crippen LogP contribution in [0.2, 0.25) is 10.0 Å². The lowest BCUT2D eigenvalue weighted by Crippen LogP contribution is -2.09. The molecule has 18 heavy (non-hydrogen) atoms. The van der Waals surface area contributed by atoms with Crippen LogP contribution in [-0.4, -0.2) is 14.9 Å². The van der Waals surface area contributed by atoms with Gasteiger partial charge in [0.2, 0.25) is 0 Å². The van der Waals surface area contributed by atoms with Crippen LogP contribution in [0.3, 0.4) is 0 Å². The Balaban J connectivity index is 2.44. The topological polar surface area (TPSA) is 38.0 Å². The van der Waals surface area contributed by atoms with Crippen molar-refractivity contribution >= 4 is 23.2 Å². The molecule has 0 bridgehead atoms. The average molecular weight is 285 g/mol. The fourth-order valence-corrected chi connectivity index (χ4v) is 2.27. The summed E-state index contributed by atoms with van der Waals surface area (Å²) in [5, 5.41) is 15.6. The number of hydrogen-bond acceptors (Lipinski definition) is 2. The van der Waals surface area contributed by atoms with E-state index in [9.17, 15) is 5.11 Å². The SMILES string of the molecule is CCn1ncc(Cl)c1C(O)c1ccc(C)c(Cl)c1. The maximum absolute atomic E-state index is 10.4. The molecule has 2 rings (SSSR count). The highest BCUT2D eigenvalue weighted by molar-refractivity contribution is 6.31. The molecule has 0 aliphatic heterocycles. The summed E-state index contributed by atoms with van der Waals surface area (Å²) in [5.74, 6) is 0. The Kier molecular flexibility index (Phi) is 3.95. The molecule has 2 aromatic rings. The lowest BCUT2D eigenvalue weighted by Gasteiger charge is -2.14. The Morgan fingerprint density at radius 2 is 2.06 bits per heavy atom. The first kappa shape index (κ1) is 13.4. The molecule has 0 aliphatic carbocycles. The van der Waals surface area contributed by atoms with Gasteiger partial charge in [-0.1, -0.05) is 35.3 Å². The number of nitrogens with zero attached hydrogens (tertiary/aromatic N) is 2. The standard InChI is InChI=1S/C13H14Cl2N2O/c1-3-17-12(11(15)7-16-17)13(18)9-5-4-8(2)10(14)6-9/h4-7,13,18H,3H2,1-2H3. The Hall–Kier alpha value is -1.03. The average Bonchev–Trinajstić information content (AvgIpc) is 2.73. The number of benzene rings is 1. The molecule has 1 N–H and O–H groups in total. The lowest BCUT2D eigenvalue weighted by molar-refractivity contribution is 0.208. The van der Waals surface area contributed by atoms with Gasteiger partial charge in [0.1, 0.15) is 6.10 Å². The number of aromatic nitrogens is 2. The number of aliphatic hydroxyl groups is 1. The second-order valence-corrected chi connectivity index (χ2v) is 4.92. The highest BCUT2D eigenvalue weighted by Gasteiger charge is 2.19. The predicted molar refractivity (Wildman–Crippen MR) is 73.2 cm³/mol. The zero-order valence-corrected chi connectivity index (χ0v) is 11.7. The van der Waals surface area contributed by atoms with Crippen molar-refractivity contribution in [1.29, 1.82) is 0 Å². The minimum absolute atomic E-state index is 0.459. The number of halogens is 2. The summed E-state index contributed by atoms with van der Waals surface area (Å²) in [6.07, 6.45) is 0.720. The van der Waals surface area contributed by atoms with Crippen molar-refractivity contribution in [3.63, 3.8) is 0 Å². The fraction of sp³-hybridized carbons (Fsp3) is 0.308. The van der Waals surface area contributed by atoms with Crippen molar-refractivity contribution in [2.24, 2.45) is 0 Å². The Morgan fingerprint density at radius 1 is 1.33 bits per heavy atom. The summed E-state index contributed by atoms with van der Waals surface area (Å²) >= 11 is 12.1. The van der Waals surface area contributed by atoms with Crippen molar-refractivity contribution in [2.45, 2.75) is 26.5 Å². The Bertz CT molecular complexity index is 566. The van der Waals surface area contributed by atoms with Gasteiger partial charge in [-0.15, -0.1) is 0 Å². The monoisotopic (exact) mass is 284 g/mol. The molecule has 0 aliphatic rings. The molecule has 96 valence electrons. The zero-order valence-electron chi connectivity index (χ0n) is 10.2. The molecule has 0 amide bonds. The number of hydrogen-bond donors (Lipinski definition) is 1. The first-order valence-electron chi connectivity index (χ1n) is 5.70. The van der Waals surface area contributed by atoms with E-state index in [-0.39, 0.29) is 0 Å². The van der Waals surface area contributed by atoms with E-state index in [0.29, 0.717) is 27.8 Å². The van der Waals surface area contributed by atoms with Crippen LogP contribution in [0.15, 0.2) is 24.4 Å². The van der Waals surface area contributed by atoms with Gasteiger partial charge in [0.15, 0.2) is 0 Å². The summed E-state index contributed by atoms with van der Waals surface area (Å²) in [6, 6.07) is 5.47. The summed E-state index contributed by atoms with van der Waals surface area (Å²) < 4.78 is 1.68. The van der Waals surface area contributed by atoms with E-state index in [4.69, 9.17) is 23.2 Å². The minimum Gasteiger partial charge on any atom is -0.382 e. The second-order valence-electron chi connectivity index (χ2n) is 4.10. The number of aryl methyl sites for hydroxylation is 2. The van der Waals surface area contributed by atoms with Crippen LogP contribution >= 0.6 is 23.2 Å². The second kappa shape index (κ2) is 5.31.